The molecule has 9 heteroatoms. The van der Waals surface area contributed by atoms with Crippen LogP contribution in [0.25, 0.3) is 11.0 Å². The van der Waals surface area contributed by atoms with Crippen LogP contribution in [0.2, 0.25) is 0 Å². The van der Waals surface area contributed by atoms with Gasteiger partial charge in [0, 0.05) is 17.5 Å². The quantitative estimate of drug-likeness (QED) is 0.443. The maximum Gasteiger partial charge on any atom is 0.349 e. The number of carbonyl (C=O) groups excluding carboxylic acids is 1. The molecule has 0 bridgehead atoms. The van der Waals surface area contributed by atoms with Gasteiger partial charge in [-0.3, -0.25) is 14.9 Å². The van der Waals surface area contributed by atoms with E-state index in [0.717, 1.165) is 12.5 Å². The molecule has 0 saturated heterocycles. The monoisotopic (exact) mass is 348 g/mol. The van der Waals surface area contributed by atoms with E-state index in [-0.39, 0.29) is 23.1 Å². The number of nitro groups is 1. The highest BCUT2D eigenvalue weighted by Gasteiger charge is 2.22. The summed E-state index contributed by atoms with van der Waals surface area (Å²) in [6.45, 7) is 1.88. The molecule has 1 unspecified atom stereocenters. The topological polar surface area (TPSA) is 140 Å². The third kappa shape index (κ3) is 4.19. The molecule has 0 radical (unpaired) electrons. The molecule has 1 atom stereocenters. The number of hydrogen-bond donors (Lipinski definition) is 2. The Morgan fingerprint density at radius 2 is 2.08 bits per heavy atom. The van der Waals surface area contributed by atoms with Crippen molar-refractivity contribution in [2.45, 2.75) is 32.2 Å². The summed E-state index contributed by atoms with van der Waals surface area (Å²) < 4.78 is 4.99. The molecule has 2 aromatic rings. The number of nitro benzene ring substituents is 1. The predicted octanol–water partition coefficient (Wildman–Crippen LogP) is 2.07. The number of fused-ring (bicyclic) bond motifs is 1. The van der Waals surface area contributed by atoms with Crippen LogP contribution in [-0.2, 0) is 4.79 Å². The molecule has 1 amide bonds. The number of benzene rings is 1. The SMILES string of the molecule is CCCCC(NC(=O)c1cc2cc([N+](=O)[O-])ccc2oc1=O)C(=O)O. The fourth-order valence-corrected chi connectivity index (χ4v) is 2.28. The maximum absolute atomic E-state index is 12.2. The number of hydrogen-bond acceptors (Lipinski definition) is 6. The van der Waals surface area contributed by atoms with Gasteiger partial charge in [-0.15, -0.1) is 0 Å². The molecule has 2 N–H and O–H groups in total. The van der Waals surface area contributed by atoms with Crippen molar-refractivity contribution in [1.29, 1.82) is 0 Å². The van der Waals surface area contributed by atoms with Crippen molar-refractivity contribution in [3.05, 3.63) is 50.4 Å². The van der Waals surface area contributed by atoms with Gasteiger partial charge in [-0.2, -0.15) is 0 Å². The Morgan fingerprint density at radius 3 is 2.68 bits per heavy atom. The minimum absolute atomic E-state index is 0.0907. The third-order valence-electron chi connectivity index (χ3n) is 3.62. The molecule has 0 aliphatic carbocycles. The zero-order valence-corrected chi connectivity index (χ0v) is 13.4. The Hall–Kier alpha value is -3.23. The lowest BCUT2D eigenvalue weighted by molar-refractivity contribution is -0.384. The summed E-state index contributed by atoms with van der Waals surface area (Å²) in [7, 11) is 0. The summed E-state index contributed by atoms with van der Waals surface area (Å²) in [5.74, 6) is -2.10. The standard InChI is InChI=1S/C16H16N2O7/c1-2-3-4-12(15(20)21)17-14(19)11-8-9-7-10(18(23)24)5-6-13(9)25-16(11)22/h5-8,12H,2-4H2,1H3,(H,17,19)(H,20,21). The minimum atomic E-state index is -1.21. The van der Waals surface area contributed by atoms with E-state index in [1.165, 1.54) is 18.2 Å². The lowest BCUT2D eigenvalue weighted by Gasteiger charge is -2.13. The van der Waals surface area contributed by atoms with Crippen molar-refractivity contribution in [2.24, 2.45) is 0 Å². The van der Waals surface area contributed by atoms with Crippen molar-refractivity contribution >= 4 is 28.5 Å². The number of rotatable bonds is 7. The summed E-state index contributed by atoms with van der Waals surface area (Å²) in [5.41, 5.74) is -1.48. The van der Waals surface area contributed by atoms with Gasteiger partial charge in [0.15, 0.2) is 0 Å². The van der Waals surface area contributed by atoms with Gasteiger partial charge < -0.3 is 14.8 Å². The summed E-state index contributed by atoms with van der Waals surface area (Å²) >= 11 is 0. The number of amides is 1. The van der Waals surface area contributed by atoms with Gasteiger partial charge in [-0.1, -0.05) is 19.8 Å². The smallest absolute Gasteiger partial charge is 0.349 e. The van der Waals surface area contributed by atoms with Gasteiger partial charge in [-0.05, 0) is 18.6 Å². The van der Waals surface area contributed by atoms with E-state index in [0.29, 0.717) is 6.42 Å². The number of non-ortho nitro benzene ring substituents is 1. The van der Waals surface area contributed by atoms with Gasteiger partial charge in [0.25, 0.3) is 11.6 Å². The minimum Gasteiger partial charge on any atom is -0.480 e. The van der Waals surface area contributed by atoms with Crippen LogP contribution in [0, 0.1) is 10.1 Å². The first-order chi connectivity index (χ1) is 11.8. The number of aliphatic carboxylic acids is 1. The van der Waals surface area contributed by atoms with Gasteiger partial charge in [-0.25, -0.2) is 9.59 Å². The second-order valence-corrected chi connectivity index (χ2v) is 5.43. The summed E-state index contributed by atoms with van der Waals surface area (Å²) in [4.78, 5) is 45.6. The molecule has 0 saturated carbocycles. The Morgan fingerprint density at radius 1 is 1.36 bits per heavy atom. The third-order valence-corrected chi connectivity index (χ3v) is 3.62. The maximum atomic E-state index is 12.2. The van der Waals surface area contributed by atoms with E-state index in [9.17, 15) is 24.5 Å². The normalized spacial score (nSPS) is 11.9. The van der Waals surface area contributed by atoms with E-state index in [1.807, 2.05) is 6.92 Å². The molecule has 9 nitrogen and oxygen atoms in total. The number of unbranched alkanes of at least 4 members (excludes halogenated alkanes) is 1. The Kier molecular flexibility index (Phi) is 5.48. The van der Waals surface area contributed by atoms with Crippen LogP contribution < -0.4 is 10.9 Å². The summed E-state index contributed by atoms with van der Waals surface area (Å²) in [6, 6.07) is 3.63. The fourth-order valence-electron chi connectivity index (χ4n) is 2.28. The van der Waals surface area contributed by atoms with Crippen LogP contribution in [0.3, 0.4) is 0 Å². The number of nitrogens with zero attached hydrogens (tertiary/aromatic N) is 1. The predicted molar refractivity (Wildman–Crippen MR) is 87.6 cm³/mol. The van der Waals surface area contributed by atoms with E-state index >= 15 is 0 Å². The molecule has 0 aliphatic rings. The molecular weight excluding hydrogens is 332 g/mol. The molecule has 1 heterocycles. The van der Waals surface area contributed by atoms with E-state index < -0.39 is 34.0 Å². The second-order valence-electron chi connectivity index (χ2n) is 5.43. The van der Waals surface area contributed by atoms with Crippen molar-refractivity contribution in [3.8, 4) is 0 Å². The first kappa shape index (κ1) is 18.1. The second kappa shape index (κ2) is 7.56. The molecular formula is C16H16N2O7. The highest BCUT2D eigenvalue weighted by molar-refractivity contribution is 5.98. The first-order valence-corrected chi connectivity index (χ1v) is 7.59. The molecule has 0 spiro atoms. The van der Waals surface area contributed by atoms with Crippen molar-refractivity contribution in [1.82, 2.24) is 5.32 Å². The summed E-state index contributed by atoms with van der Waals surface area (Å²) in [5, 5.41) is 22.4. The number of carbonyl (C=O) groups is 2. The zero-order valence-electron chi connectivity index (χ0n) is 13.4. The molecule has 1 aromatic heterocycles. The van der Waals surface area contributed by atoms with Gasteiger partial charge in [0.2, 0.25) is 0 Å². The first-order valence-electron chi connectivity index (χ1n) is 7.59. The van der Waals surface area contributed by atoms with Crippen LogP contribution in [0.4, 0.5) is 5.69 Å². The Bertz CT molecular complexity index is 888. The van der Waals surface area contributed by atoms with Gasteiger partial charge in [0.1, 0.15) is 17.2 Å². The fraction of sp³-hybridized carbons (Fsp3) is 0.312. The lowest BCUT2D eigenvalue weighted by atomic mass is 10.1. The van der Waals surface area contributed by atoms with Crippen LogP contribution in [-0.4, -0.2) is 27.9 Å². The molecule has 0 aliphatic heterocycles. The molecule has 25 heavy (non-hydrogen) atoms. The van der Waals surface area contributed by atoms with Crippen molar-refractivity contribution in [2.75, 3.05) is 0 Å². The average molecular weight is 348 g/mol. The van der Waals surface area contributed by atoms with Gasteiger partial charge >= 0.3 is 11.6 Å². The highest BCUT2D eigenvalue weighted by Crippen LogP contribution is 2.20. The number of carboxylic acid groups (broad SMARTS) is 1. The van der Waals surface area contributed by atoms with E-state index in [4.69, 9.17) is 9.52 Å². The van der Waals surface area contributed by atoms with E-state index in [2.05, 4.69) is 5.32 Å². The van der Waals surface area contributed by atoms with Crippen molar-refractivity contribution < 1.29 is 24.0 Å². The molecule has 0 fully saturated rings. The number of carboxylic acids is 1. The zero-order chi connectivity index (χ0) is 18.6. The summed E-state index contributed by atoms with van der Waals surface area (Å²) in [6.07, 6.45) is 1.57. The Labute approximate surface area is 141 Å². The average Bonchev–Trinajstić information content (AvgIpc) is 2.56. The van der Waals surface area contributed by atoms with Gasteiger partial charge in [0.05, 0.1) is 4.92 Å². The van der Waals surface area contributed by atoms with Crippen molar-refractivity contribution in [3.63, 3.8) is 0 Å². The highest BCUT2D eigenvalue weighted by atomic mass is 16.6. The lowest BCUT2D eigenvalue weighted by Crippen LogP contribution is -2.42. The molecule has 2 rings (SSSR count). The van der Waals surface area contributed by atoms with Crippen LogP contribution in [0.5, 0.6) is 0 Å². The molecule has 1 aromatic carbocycles. The Balaban J connectivity index is 2.36. The van der Waals surface area contributed by atoms with Crippen LogP contribution in [0.15, 0.2) is 33.5 Å². The van der Waals surface area contributed by atoms with E-state index in [1.54, 1.807) is 0 Å². The molecule has 132 valence electrons. The number of nitrogens with one attached hydrogen (secondary N) is 1. The largest absolute Gasteiger partial charge is 0.480 e. The van der Waals surface area contributed by atoms with Crippen LogP contribution >= 0.6 is 0 Å². The van der Waals surface area contributed by atoms with Crippen LogP contribution in [0.1, 0.15) is 36.5 Å².